The Morgan fingerprint density at radius 1 is 1.29 bits per heavy atom. The molecule has 0 saturated heterocycles. The van der Waals surface area contributed by atoms with Crippen molar-refractivity contribution >= 4 is 0 Å². The first-order chi connectivity index (χ1) is 6.68. The van der Waals surface area contributed by atoms with Crippen molar-refractivity contribution < 1.29 is 10.2 Å². The molecule has 84 valence electrons. The van der Waals surface area contributed by atoms with Gasteiger partial charge in [0.15, 0.2) is 0 Å². The SMILES string of the molecule is CC(O)CCNCC1CCC(O)CC1. The van der Waals surface area contributed by atoms with Crippen LogP contribution in [0.25, 0.3) is 0 Å². The van der Waals surface area contributed by atoms with E-state index < -0.39 is 0 Å². The zero-order chi connectivity index (χ0) is 10.4. The lowest BCUT2D eigenvalue weighted by Crippen LogP contribution is -2.29. The highest BCUT2D eigenvalue weighted by molar-refractivity contribution is 4.73. The van der Waals surface area contributed by atoms with Crippen LogP contribution in [0.3, 0.4) is 0 Å². The lowest BCUT2D eigenvalue weighted by molar-refractivity contribution is 0.108. The van der Waals surface area contributed by atoms with Gasteiger partial charge in [-0.1, -0.05) is 0 Å². The summed E-state index contributed by atoms with van der Waals surface area (Å²) in [6, 6.07) is 0. The molecule has 0 aliphatic heterocycles. The predicted octanol–water partition coefficient (Wildman–Crippen LogP) is 0.898. The van der Waals surface area contributed by atoms with Crippen LogP contribution in [0.1, 0.15) is 39.0 Å². The third-order valence-electron chi connectivity index (χ3n) is 2.99. The van der Waals surface area contributed by atoms with Gasteiger partial charge in [0.2, 0.25) is 0 Å². The number of hydrogen-bond donors (Lipinski definition) is 3. The standard InChI is InChI=1S/C11H23NO2/c1-9(13)6-7-12-8-10-2-4-11(14)5-3-10/h9-14H,2-8H2,1H3. The molecule has 1 aliphatic carbocycles. The van der Waals surface area contributed by atoms with Gasteiger partial charge in [0.1, 0.15) is 0 Å². The van der Waals surface area contributed by atoms with Crippen LogP contribution in [0.4, 0.5) is 0 Å². The first-order valence-electron chi connectivity index (χ1n) is 5.75. The first-order valence-corrected chi connectivity index (χ1v) is 5.75. The molecule has 0 radical (unpaired) electrons. The lowest BCUT2D eigenvalue weighted by atomic mass is 9.87. The zero-order valence-electron chi connectivity index (χ0n) is 9.08. The molecule has 0 heterocycles. The van der Waals surface area contributed by atoms with Crippen molar-refractivity contribution in [2.24, 2.45) is 5.92 Å². The summed E-state index contributed by atoms with van der Waals surface area (Å²) in [5.74, 6) is 0.729. The summed E-state index contributed by atoms with van der Waals surface area (Å²) in [4.78, 5) is 0. The highest BCUT2D eigenvalue weighted by Crippen LogP contribution is 2.23. The second-order valence-electron chi connectivity index (χ2n) is 4.52. The van der Waals surface area contributed by atoms with E-state index in [0.717, 1.165) is 51.1 Å². The number of hydrogen-bond acceptors (Lipinski definition) is 3. The highest BCUT2D eigenvalue weighted by atomic mass is 16.3. The molecule has 1 saturated carbocycles. The molecule has 0 aromatic rings. The maximum atomic E-state index is 9.32. The predicted molar refractivity (Wildman–Crippen MR) is 57.1 cm³/mol. The molecule has 1 unspecified atom stereocenters. The van der Waals surface area contributed by atoms with E-state index in [1.807, 2.05) is 6.92 Å². The van der Waals surface area contributed by atoms with Crippen molar-refractivity contribution in [3.8, 4) is 0 Å². The Hall–Kier alpha value is -0.120. The highest BCUT2D eigenvalue weighted by Gasteiger charge is 2.18. The van der Waals surface area contributed by atoms with E-state index >= 15 is 0 Å². The third kappa shape index (κ3) is 4.94. The minimum Gasteiger partial charge on any atom is -0.393 e. The average Bonchev–Trinajstić information content (AvgIpc) is 2.15. The summed E-state index contributed by atoms with van der Waals surface area (Å²) in [7, 11) is 0. The topological polar surface area (TPSA) is 52.5 Å². The van der Waals surface area contributed by atoms with Crippen LogP contribution < -0.4 is 5.32 Å². The van der Waals surface area contributed by atoms with Crippen molar-refractivity contribution in [1.82, 2.24) is 5.32 Å². The molecule has 14 heavy (non-hydrogen) atoms. The number of nitrogens with one attached hydrogen (secondary N) is 1. The molecule has 0 spiro atoms. The van der Waals surface area contributed by atoms with E-state index in [9.17, 15) is 5.11 Å². The fraction of sp³-hybridized carbons (Fsp3) is 1.00. The first kappa shape index (κ1) is 12.0. The molecule has 0 aromatic heterocycles. The van der Waals surface area contributed by atoms with Crippen molar-refractivity contribution in [3.63, 3.8) is 0 Å². The van der Waals surface area contributed by atoms with Gasteiger partial charge in [-0.2, -0.15) is 0 Å². The fourth-order valence-corrected chi connectivity index (χ4v) is 1.97. The summed E-state index contributed by atoms with van der Waals surface area (Å²) in [6.07, 6.45) is 4.78. The van der Waals surface area contributed by atoms with Gasteiger partial charge in [0, 0.05) is 0 Å². The average molecular weight is 201 g/mol. The second-order valence-corrected chi connectivity index (χ2v) is 4.52. The summed E-state index contributed by atoms with van der Waals surface area (Å²) >= 11 is 0. The minimum atomic E-state index is -0.198. The van der Waals surface area contributed by atoms with Gasteiger partial charge in [-0.15, -0.1) is 0 Å². The summed E-state index contributed by atoms with van der Waals surface area (Å²) in [5, 5.41) is 21.7. The van der Waals surface area contributed by atoms with Crippen molar-refractivity contribution in [2.75, 3.05) is 13.1 Å². The van der Waals surface area contributed by atoms with E-state index in [1.165, 1.54) is 0 Å². The summed E-state index contributed by atoms with van der Waals surface area (Å²) in [6.45, 7) is 3.76. The van der Waals surface area contributed by atoms with Crippen LogP contribution in [0.5, 0.6) is 0 Å². The quantitative estimate of drug-likeness (QED) is 0.579. The Balaban J connectivity index is 1.96. The molecule has 0 bridgehead atoms. The normalized spacial score (nSPS) is 30.2. The number of rotatable bonds is 5. The molecule has 1 atom stereocenters. The molecule has 0 aromatic carbocycles. The van der Waals surface area contributed by atoms with E-state index in [2.05, 4.69) is 5.32 Å². The molecule has 1 rings (SSSR count). The minimum absolute atomic E-state index is 0.0521. The van der Waals surface area contributed by atoms with E-state index in [0.29, 0.717) is 0 Å². The van der Waals surface area contributed by atoms with Crippen LogP contribution in [0.2, 0.25) is 0 Å². The summed E-state index contributed by atoms with van der Waals surface area (Å²) in [5.41, 5.74) is 0. The Kier molecular flexibility index (Phi) is 5.45. The van der Waals surface area contributed by atoms with E-state index in [4.69, 9.17) is 5.11 Å². The molecule has 3 heteroatoms. The maximum absolute atomic E-state index is 9.32. The Labute approximate surface area is 86.5 Å². The molecule has 0 amide bonds. The maximum Gasteiger partial charge on any atom is 0.0540 e. The second kappa shape index (κ2) is 6.38. The van der Waals surface area contributed by atoms with Gasteiger partial charge in [0.25, 0.3) is 0 Å². The van der Waals surface area contributed by atoms with Crippen molar-refractivity contribution in [3.05, 3.63) is 0 Å². The molecule has 1 aliphatic rings. The Morgan fingerprint density at radius 2 is 1.93 bits per heavy atom. The Morgan fingerprint density at radius 3 is 2.50 bits per heavy atom. The fourth-order valence-electron chi connectivity index (χ4n) is 1.97. The van der Waals surface area contributed by atoms with Crippen molar-refractivity contribution in [2.45, 2.75) is 51.2 Å². The monoisotopic (exact) mass is 201 g/mol. The van der Waals surface area contributed by atoms with Crippen LogP contribution >= 0.6 is 0 Å². The van der Waals surface area contributed by atoms with Gasteiger partial charge in [-0.3, -0.25) is 0 Å². The van der Waals surface area contributed by atoms with Gasteiger partial charge in [-0.25, -0.2) is 0 Å². The smallest absolute Gasteiger partial charge is 0.0540 e. The van der Waals surface area contributed by atoms with Crippen LogP contribution in [0, 0.1) is 5.92 Å². The molecule has 3 N–H and O–H groups in total. The van der Waals surface area contributed by atoms with Crippen LogP contribution in [-0.2, 0) is 0 Å². The van der Waals surface area contributed by atoms with E-state index in [1.54, 1.807) is 0 Å². The lowest BCUT2D eigenvalue weighted by Gasteiger charge is -2.25. The third-order valence-corrected chi connectivity index (χ3v) is 2.99. The number of aliphatic hydroxyl groups excluding tert-OH is 2. The van der Waals surface area contributed by atoms with Crippen molar-refractivity contribution in [1.29, 1.82) is 0 Å². The van der Waals surface area contributed by atoms with E-state index in [-0.39, 0.29) is 12.2 Å². The molecular formula is C11H23NO2. The van der Waals surface area contributed by atoms with Crippen LogP contribution in [0.15, 0.2) is 0 Å². The number of aliphatic hydroxyl groups is 2. The van der Waals surface area contributed by atoms with Gasteiger partial charge in [-0.05, 0) is 58.0 Å². The van der Waals surface area contributed by atoms with Gasteiger partial charge in [0.05, 0.1) is 12.2 Å². The molecule has 3 nitrogen and oxygen atoms in total. The van der Waals surface area contributed by atoms with Gasteiger partial charge < -0.3 is 15.5 Å². The van der Waals surface area contributed by atoms with Crippen LogP contribution in [-0.4, -0.2) is 35.5 Å². The Bertz CT molecular complexity index is 142. The van der Waals surface area contributed by atoms with Gasteiger partial charge >= 0.3 is 0 Å². The summed E-state index contributed by atoms with van der Waals surface area (Å²) < 4.78 is 0. The molecular weight excluding hydrogens is 178 g/mol. The zero-order valence-corrected chi connectivity index (χ0v) is 9.08. The largest absolute Gasteiger partial charge is 0.393 e. The molecule has 1 fully saturated rings.